The second-order valence-electron chi connectivity index (χ2n) is 7.09. The van der Waals surface area contributed by atoms with E-state index in [1.165, 1.54) is 16.8 Å². The molecule has 146 valence electrons. The van der Waals surface area contributed by atoms with Crippen LogP contribution in [0.5, 0.6) is 5.75 Å². The molecule has 0 amide bonds. The van der Waals surface area contributed by atoms with Crippen LogP contribution in [0.3, 0.4) is 0 Å². The van der Waals surface area contributed by atoms with E-state index < -0.39 is 0 Å². The van der Waals surface area contributed by atoms with Crippen LogP contribution in [-0.4, -0.2) is 6.54 Å². The fourth-order valence-corrected chi connectivity index (χ4v) is 3.51. The molecule has 0 aliphatic carbocycles. The van der Waals surface area contributed by atoms with E-state index in [2.05, 4.69) is 47.8 Å². The average Bonchev–Trinajstić information content (AvgIpc) is 2.76. The molecule has 0 bridgehead atoms. The van der Waals surface area contributed by atoms with E-state index in [1.54, 1.807) is 12.1 Å². The van der Waals surface area contributed by atoms with Gasteiger partial charge in [-0.05, 0) is 53.1 Å². The number of benzene rings is 4. The number of ether oxygens (including phenoxy) is 1. The maximum atomic E-state index is 13.4. The van der Waals surface area contributed by atoms with Crippen LogP contribution in [0.1, 0.15) is 16.7 Å². The molecule has 0 aromatic heterocycles. The van der Waals surface area contributed by atoms with Gasteiger partial charge in [0.1, 0.15) is 18.2 Å². The monoisotopic (exact) mass is 385 g/mol. The second-order valence-corrected chi connectivity index (χ2v) is 7.09. The van der Waals surface area contributed by atoms with E-state index in [9.17, 15) is 4.39 Å². The third kappa shape index (κ3) is 5.01. The Labute approximate surface area is 171 Å². The van der Waals surface area contributed by atoms with Crippen molar-refractivity contribution in [3.8, 4) is 5.75 Å². The third-order valence-corrected chi connectivity index (χ3v) is 5.02. The first-order valence-electron chi connectivity index (χ1n) is 9.92. The minimum Gasteiger partial charge on any atom is -0.489 e. The number of halogens is 1. The largest absolute Gasteiger partial charge is 0.489 e. The third-order valence-electron chi connectivity index (χ3n) is 5.02. The summed E-state index contributed by atoms with van der Waals surface area (Å²) in [6.07, 6.45) is 0.780. The van der Waals surface area contributed by atoms with Gasteiger partial charge in [-0.2, -0.15) is 0 Å². The highest BCUT2D eigenvalue weighted by Crippen LogP contribution is 2.28. The van der Waals surface area contributed by atoms with Gasteiger partial charge in [0.25, 0.3) is 0 Å². The van der Waals surface area contributed by atoms with E-state index in [0.29, 0.717) is 13.2 Å². The van der Waals surface area contributed by atoms with Crippen LogP contribution in [-0.2, 0) is 19.6 Å². The second kappa shape index (κ2) is 9.35. The summed E-state index contributed by atoms with van der Waals surface area (Å²) in [6.45, 7) is 2.00. The Bertz CT molecular complexity index is 1080. The summed E-state index contributed by atoms with van der Waals surface area (Å²) in [7, 11) is 0. The first-order valence-corrected chi connectivity index (χ1v) is 9.92. The lowest BCUT2D eigenvalue weighted by Gasteiger charge is -2.15. The molecule has 0 spiro atoms. The highest BCUT2D eigenvalue weighted by Gasteiger charge is 2.09. The number of hydrogen-bond donors (Lipinski definition) is 1. The van der Waals surface area contributed by atoms with E-state index in [-0.39, 0.29) is 5.82 Å². The predicted molar refractivity (Wildman–Crippen MR) is 117 cm³/mol. The number of nitrogens with one attached hydrogen (secondary N) is 1. The Hall–Kier alpha value is -3.17. The number of fused-ring (bicyclic) bond motifs is 1. The molecule has 0 radical (unpaired) electrons. The maximum absolute atomic E-state index is 13.4. The van der Waals surface area contributed by atoms with Gasteiger partial charge in [-0.15, -0.1) is 0 Å². The Morgan fingerprint density at radius 3 is 2.41 bits per heavy atom. The molecule has 0 unspecified atom stereocenters. The van der Waals surface area contributed by atoms with E-state index in [0.717, 1.165) is 35.4 Å². The lowest BCUT2D eigenvalue weighted by Crippen LogP contribution is -2.17. The molecule has 3 heteroatoms. The van der Waals surface area contributed by atoms with Gasteiger partial charge < -0.3 is 10.1 Å². The van der Waals surface area contributed by atoms with Crippen LogP contribution in [0.15, 0.2) is 91.0 Å². The topological polar surface area (TPSA) is 21.3 Å². The van der Waals surface area contributed by atoms with Crippen LogP contribution in [0, 0.1) is 5.82 Å². The van der Waals surface area contributed by atoms with Gasteiger partial charge >= 0.3 is 0 Å². The molecule has 0 aliphatic rings. The first-order chi connectivity index (χ1) is 14.3. The van der Waals surface area contributed by atoms with Gasteiger partial charge in [0, 0.05) is 12.1 Å². The van der Waals surface area contributed by atoms with Crippen molar-refractivity contribution in [1.82, 2.24) is 5.32 Å². The Morgan fingerprint density at radius 1 is 0.759 bits per heavy atom. The number of rotatable bonds is 8. The molecular formula is C26H24FNO. The predicted octanol–water partition coefficient (Wildman–Crippen LogP) is 5.89. The van der Waals surface area contributed by atoms with Crippen LogP contribution in [0.25, 0.3) is 10.8 Å². The summed E-state index contributed by atoms with van der Waals surface area (Å²) < 4.78 is 19.5. The zero-order chi connectivity index (χ0) is 19.9. The fourth-order valence-electron chi connectivity index (χ4n) is 3.51. The van der Waals surface area contributed by atoms with Crippen molar-refractivity contribution in [3.05, 3.63) is 114 Å². The quantitative estimate of drug-likeness (QED) is 0.382. The van der Waals surface area contributed by atoms with Gasteiger partial charge in [0.15, 0.2) is 0 Å². The molecule has 4 rings (SSSR count). The minimum absolute atomic E-state index is 0.187. The normalized spacial score (nSPS) is 10.9. The Balaban J connectivity index is 1.48. The number of hydrogen-bond acceptors (Lipinski definition) is 2. The van der Waals surface area contributed by atoms with Gasteiger partial charge in [-0.3, -0.25) is 0 Å². The molecule has 4 aromatic carbocycles. The van der Waals surface area contributed by atoms with Crippen molar-refractivity contribution in [2.45, 2.75) is 19.6 Å². The molecule has 0 saturated carbocycles. The summed E-state index contributed by atoms with van der Waals surface area (Å²) in [5.74, 6) is 0.707. The van der Waals surface area contributed by atoms with Crippen molar-refractivity contribution >= 4 is 10.8 Å². The van der Waals surface area contributed by atoms with E-state index in [4.69, 9.17) is 4.74 Å². The zero-order valence-electron chi connectivity index (χ0n) is 16.3. The zero-order valence-corrected chi connectivity index (χ0v) is 16.3. The van der Waals surface area contributed by atoms with Crippen LogP contribution >= 0.6 is 0 Å². The molecule has 29 heavy (non-hydrogen) atoms. The van der Waals surface area contributed by atoms with Gasteiger partial charge in [0.05, 0.1) is 0 Å². The lowest BCUT2D eigenvalue weighted by atomic mass is 10.0. The average molecular weight is 385 g/mol. The fraction of sp³-hybridized carbons (Fsp3) is 0.154. The van der Waals surface area contributed by atoms with Crippen molar-refractivity contribution < 1.29 is 9.13 Å². The summed E-state index contributed by atoms with van der Waals surface area (Å²) in [4.78, 5) is 0. The van der Waals surface area contributed by atoms with Crippen molar-refractivity contribution in [3.63, 3.8) is 0 Å². The van der Waals surface area contributed by atoms with Crippen LogP contribution in [0.4, 0.5) is 4.39 Å². The smallest absolute Gasteiger partial charge is 0.124 e. The van der Waals surface area contributed by atoms with Crippen molar-refractivity contribution in [2.75, 3.05) is 6.54 Å². The van der Waals surface area contributed by atoms with Gasteiger partial charge in [-0.25, -0.2) is 4.39 Å². The van der Waals surface area contributed by atoms with Crippen molar-refractivity contribution in [1.29, 1.82) is 0 Å². The highest BCUT2D eigenvalue weighted by molar-refractivity contribution is 5.87. The molecule has 4 aromatic rings. The molecule has 2 nitrogen and oxygen atoms in total. The van der Waals surface area contributed by atoms with Crippen LogP contribution in [0.2, 0.25) is 0 Å². The molecule has 1 N–H and O–H groups in total. The Kier molecular flexibility index (Phi) is 6.18. The SMILES string of the molecule is Fc1cccc(CCNCc2c(OCc3ccccc3)ccc3ccccc23)c1. The van der Waals surface area contributed by atoms with Crippen molar-refractivity contribution in [2.24, 2.45) is 0 Å². The lowest BCUT2D eigenvalue weighted by molar-refractivity contribution is 0.303. The molecule has 0 saturated heterocycles. The van der Waals surface area contributed by atoms with Gasteiger partial charge in [-0.1, -0.05) is 72.8 Å². The molecule has 0 fully saturated rings. The summed E-state index contributed by atoms with van der Waals surface area (Å²) in [5, 5.41) is 5.88. The summed E-state index contributed by atoms with van der Waals surface area (Å²) in [5.41, 5.74) is 3.29. The van der Waals surface area contributed by atoms with E-state index in [1.807, 2.05) is 30.3 Å². The molecule has 0 aliphatic heterocycles. The summed E-state index contributed by atoms with van der Waals surface area (Å²) in [6, 6.07) is 29.5. The van der Waals surface area contributed by atoms with Crippen LogP contribution < -0.4 is 10.1 Å². The summed E-state index contributed by atoms with van der Waals surface area (Å²) >= 11 is 0. The highest BCUT2D eigenvalue weighted by atomic mass is 19.1. The first kappa shape index (κ1) is 19.2. The molecule has 0 heterocycles. The maximum Gasteiger partial charge on any atom is 0.124 e. The van der Waals surface area contributed by atoms with E-state index >= 15 is 0 Å². The molecule has 0 atom stereocenters. The Morgan fingerprint density at radius 2 is 1.55 bits per heavy atom. The minimum atomic E-state index is -0.187. The standard InChI is InChI=1S/C26H24FNO/c27-23-11-6-9-20(17-23)15-16-28-18-25-24-12-5-4-10-22(24)13-14-26(25)29-19-21-7-2-1-3-8-21/h1-14,17,28H,15-16,18-19H2. The molecular weight excluding hydrogens is 361 g/mol. The van der Waals surface area contributed by atoms with Gasteiger partial charge in [0.2, 0.25) is 0 Å².